The van der Waals surface area contributed by atoms with Crippen molar-refractivity contribution in [2.75, 3.05) is 26.3 Å². The van der Waals surface area contributed by atoms with Gasteiger partial charge in [0.1, 0.15) is 0 Å². The fourth-order valence-electron chi connectivity index (χ4n) is 1.74. The van der Waals surface area contributed by atoms with Crippen molar-refractivity contribution < 1.29 is 8.85 Å². The topological polar surface area (TPSA) is 42.5 Å². The molecule has 6 heteroatoms. The normalized spacial score (nSPS) is 13.7. The summed E-state index contributed by atoms with van der Waals surface area (Å²) in [4.78, 5) is 0. The monoisotopic (exact) mass is 434 g/mol. The maximum absolute atomic E-state index is 6.02. The maximum atomic E-state index is 6.02. The zero-order valence-electron chi connectivity index (χ0n) is 21.8. The van der Waals surface area contributed by atoms with E-state index < -0.39 is 16.6 Å². The van der Waals surface area contributed by atoms with Crippen LogP contribution in [-0.2, 0) is 8.85 Å². The Balaban J connectivity index is 0. The Labute approximate surface area is 180 Å². The lowest BCUT2D eigenvalue weighted by Gasteiger charge is -2.36. The average molecular weight is 435 g/mol. The minimum Gasteiger partial charge on any atom is -0.416 e. The van der Waals surface area contributed by atoms with E-state index in [1.807, 2.05) is 0 Å². The first kappa shape index (κ1) is 30.5. The molecule has 0 saturated heterocycles. The summed E-state index contributed by atoms with van der Waals surface area (Å²) in [5.74, 6) is 0. The Morgan fingerprint density at radius 3 is 1.04 bits per heavy atom. The summed E-state index contributed by atoms with van der Waals surface area (Å²) in [6.45, 7) is 35.1. The van der Waals surface area contributed by atoms with Gasteiger partial charge in [-0.1, -0.05) is 69.2 Å². The highest BCUT2D eigenvalue weighted by Crippen LogP contribution is 2.37. The van der Waals surface area contributed by atoms with Crippen LogP contribution in [0.1, 0.15) is 69.2 Å². The number of hydrogen-bond acceptors (Lipinski definition) is 4. The molecule has 0 aliphatic heterocycles. The predicted octanol–water partition coefficient (Wildman–Crippen LogP) is 6.01. The number of rotatable bonds is 10. The Morgan fingerprint density at radius 2 is 0.857 bits per heavy atom. The van der Waals surface area contributed by atoms with E-state index in [2.05, 4.69) is 106 Å². The summed E-state index contributed by atoms with van der Waals surface area (Å²) >= 11 is 0. The van der Waals surface area contributed by atoms with Crippen LogP contribution in [0.5, 0.6) is 0 Å². The minimum atomic E-state index is -1.52. The zero-order chi connectivity index (χ0) is 22.8. The minimum absolute atomic E-state index is 0.324. The predicted molar refractivity (Wildman–Crippen MR) is 133 cm³/mol. The highest BCUT2D eigenvalue weighted by molar-refractivity contribution is 6.74. The second-order valence-electron chi connectivity index (χ2n) is 11.4. The van der Waals surface area contributed by atoms with E-state index in [0.717, 1.165) is 26.3 Å². The van der Waals surface area contributed by atoms with Gasteiger partial charge >= 0.3 is 0 Å². The molecule has 172 valence electrons. The van der Waals surface area contributed by atoms with E-state index in [0.29, 0.717) is 22.2 Å². The smallest absolute Gasteiger partial charge is 0.192 e. The van der Waals surface area contributed by atoms with Crippen LogP contribution >= 0.6 is 0 Å². The fraction of sp³-hybridized carbons (Fsp3) is 1.00. The average Bonchev–Trinajstić information content (AvgIpc) is 2.46. The molecular formula is C22H54N2O2Si2. The second-order valence-corrected chi connectivity index (χ2v) is 21.1. The fourth-order valence-corrected chi connectivity index (χ4v) is 3.83. The molecule has 0 aromatic heterocycles. The third kappa shape index (κ3) is 14.3. The van der Waals surface area contributed by atoms with Crippen molar-refractivity contribution >= 4 is 16.6 Å². The van der Waals surface area contributed by atoms with Gasteiger partial charge in [-0.15, -0.1) is 0 Å². The molecule has 0 aliphatic carbocycles. The first-order valence-corrected chi connectivity index (χ1v) is 16.9. The molecule has 0 radical (unpaired) electrons. The molecule has 0 amide bonds. The van der Waals surface area contributed by atoms with E-state index in [1.54, 1.807) is 0 Å². The lowest BCUT2D eigenvalue weighted by molar-refractivity contribution is 0.282. The molecule has 0 bridgehead atoms. The van der Waals surface area contributed by atoms with Crippen LogP contribution in [0.2, 0.25) is 36.3 Å². The SMILES string of the molecule is CC(C)NCCO[Si](C)(C)C(C)(C)C.CC(C)NCCO[Si](C)(C)C(C)(C)C. The van der Waals surface area contributed by atoms with Gasteiger partial charge in [0.25, 0.3) is 0 Å². The standard InChI is InChI=1S/2C11H27NOSi/c2*1-10(2)12-8-9-13-14(6,7)11(3,4)5/h2*10,12H,8-9H2,1-7H3. The van der Waals surface area contributed by atoms with Crippen LogP contribution in [0.25, 0.3) is 0 Å². The van der Waals surface area contributed by atoms with Gasteiger partial charge in [-0.3, -0.25) is 0 Å². The quantitative estimate of drug-likeness (QED) is 0.326. The molecule has 0 fully saturated rings. The Bertz CT molecular complexity index is 360. The van der Waals surface area contributed by atoms with Crippen LogP contribution < -0.4 is 10.6 Å². The molecular weight excluding hydrogens is 380 g/mol. The molecule has 28 heavy (non-hydrogen) atoms. The molecule has 0 atom stereocenters. The van der Waals surface area contributed by atoms with Crippen molar-refractivity contribution in [3.8, 4) is 0 Å². The molecule has 2 N–H and O–H groups in total. The Kier molecular flexibility index (Phi) is 14.0. The van der Waals surface area contributed by atoms with Crippen LogP contribution in [0.15, 0.2) is 0 Å². The number of hydrogen-bond donors (Lipinski definition) is 2. The van der Waals surface area contributed by atoms with Gasteiger partial charge in [0.05, 0.1) is 0 Å². The molecule has 0 spiro atoms. The molecule has 4 nitrogen and oxygen atoms in total. The Morgan fingerprint density at radius 1 is 0.607 bits per heavy atom. The first-order valence-electron chi connectivity index (χ1n) is 11.1. The van der Waals surface area contributed by atoms with Crippen LogP contribution in [-0.4, -0.2) is 55.0 Å². The third-order valence-corrected chi connectivity index (χ3v) is 14.9. The molecule has 0 saturated carbocycles. The van der Waals surface area contributed by atoms with Gasteiger partial charge in [-0.05, 0) is 36.3 Å². The largest absolute Gasteiger partial charge is 0.416 e. The highest BCUT2D eigenvalue weighted by Gasteiger charge is 2.37. The molecule has 0 aliphatic rings. The van der Waals surface area contributed by atoms with Gasteiger partial charge in [-0.25, -0.2) is 0 Å². The second kappa shape index (κ2) is 12.9. The van der Waals surface area contributed by atoms with Crippen LogP contribution in [0.4, 0.5) is 0 Å². The zero-order valence-corrected chi connectivity index (χ0v) is 23.8. The third-order valence-electron chi connectivity index (χ3n) is 5.85. The van der Waals surface area contributed by atoms with E-state index >= 15 is 0 Å². The summed E-state index contributed by atoms with van der Waals surface area (Å²) in [6.07, 6.45) is 0. The summed E-state index contributed by atoms with van der Waals surface area (Å²) in [5.41, 5.74) is 0. The van der Waals surface area contributed by atoms with Gasteiger partial charge in [0.2, 0.25) is 0 Å². The van der Waals surface area contributed by atoms with Gasteiger partial charge < -0.3 is 19.5 Å². The number of nitrogens with one attached hydrogen (secondary N) is 2. The molecule has 0 heterocycles. The summed E-state index contributed by atoms with van der Waals surface area (Å²) in [6, 6.07) is 1.11. The first-order chi connectivity index (χ1) is 12.3. The summed E-state index contributed by atoms with van der Waals surface area (Å²) in [7, 11) is -3.03. The van der Waals surface area contributed by atoms with Crippen molar-refractivity contribution in [3.63, 3.8) is 0 Å². The van der Waals surface area contributed by atoms with Crippen LogP contribution in [0, 0.1) is 0 Å². The van der Waals surface area contributed by atoms with Gasteiger partial charge in [0.15, 0.2) is 16.6 Å². The Hall–Kier alpha value is 0.274. The molecule has 0 aromatic rings. The lowest BCUT2D eigenvalue weighted by Crippen LogP contribution is -2.42. The van der Waals surface area contributed by atoms with Crippen molar-refractivity contribution in [3.05, 3.63) is 0 Å². The van der Waals surface area contributed by atoms with E-state index in [9.17, 15) is 0 Å². The van der Waals surface area contributed by atoms with E-state index in [1.165, 1.54) is 0 Å². The molecule has 0 rings (SSSR count). The highest BCUT2D eigenvalue weighted by atomic mass is 28.4. The van der Waals surface area contributed by atoms with Crippen LogP contribution in [0.3, 0.4) is 0 Å². The lowest BCUT2D eigenvalue weighted by atomic mass is 10.2. The van der Waals surface area contributed by atoms with Gasteiger partial charge in [0, 0.05) is 38.4 Å². The summed E-state index contributed by atoms with van der Waals surface area (Å²) in [5, 5.41) is 7.38. The van der Waals surface area contributed by atoms with E-state index in [4.69, 9.17) is 8.85 Å². The van der Waals surface area contributed by atoms with E-state index in [-0.39, 0.29) is 0 Å². The van der Waals surface area contributed by atoms with Crippen molar-refractivity contribution in [2.45, 2.75) is 118 Å². The summed E-state index contributed by atoms with van der Waals surface area (Å²) < 4.78 is 12.0. The maximum Gasteiger partial charge on any atom is 0.192 e. The molecule has 0 aromatic carbocycles. The van der Waals surface area contributed by atoms with Gasteiger partial charge in [-0.2, -0.15) is 0 Å². The van der Waals surface area contributed by atoms with Crippen molar-refractivity contribution in [1.29, 1.82) is 0 Å². The van der Waals surface area contributed by atoms with Crippen molar-refractivity contribution in [2.24, 2.45) is 0 Å². The van der Waals surface area contributed by atoms with Crippen molar-refractivity contribution in [1.82, 2.24) is 10.6 Å². The molecule has 0 unspecified atom stereocenters.